The van der Waals surface area contributed by atoms with Crippen LogP contribution in [0.3, 0.4) is 0 Å². The van der Waals surface area contributed by atoms with Gasteiger partial charge in [0, 0.05) is 11.0 Å². The number of benzene rings is 1. The minimum absolute atomic E-state index is 0.0290. The molecule has 0 amide bonds. The van der Waals surface area contributed by atoms with E-state index < -0.39 is 11.5 Å². The maximum absolute atomic E-state index is 11.9. The summed E-state index contributed by atoms with van der Waals surface area (Å²) in [5.41, 5.74) is 5.74. The van der Waals surface area contributed by atoms with Crippen molar-refractivity contribution in [3.63, 3.8) is 0 Å². The Bertz CT molecular complexity index is 385. The Balaban J connectivity index is 2.93. The molecule has 3 N–H and O–H groups in total. The Hall–Kier alpha value is -1.04. The molecule has 1 aromatic rings. The first-order valence-corrected chi connectivity index (χ1v) is 6.74. The third-order valence-corrected chi connectivity index (χ3v) is 4.03. The number of carbonyl (C=O) groups is 1. The highest BCUT2D eigenvalue weighted by atomic mass is 32.2. The van der Waals surface area contributed by atoms with Crippen LogP contribution in [0.4, 0.5) is 0 Å². The van der Waals surface area contributed by atoms with Gasteiger partial charge in [0.1, 0.15) is 5.54 Å². The molecular weight excluding hydrogens is 250 g/mol. The van der Waals surface area contributed by atoms with Crippen molar-refractivity contribution in [2.24, 2.45) is 5.73 Å². The summed E-state index contributed by atoms with van der Waals surface area (Å²) in [5, 5.41) is 9.05. The second-order valence-corrected chi connectivity index (χ2v) is 5.56. The van der Waals surface area contributed by atoms with Gasteiger partial charge in [0.15, 0.2) is 0 Å². The number of hydrogen-bond donors (Lipinski definition) is 2. The molecule has 18 heavy (non-hydrogen) atoms. The van der Waals surface area contributed by atoms with Crippen LogP contribution in [0.15, 0.2) is 30.3 Å². The first-order chi connectivity index (χ1) is 8.54. The van der Waals surface area contributed by atoms with Gasteiger partial charge in [0.05, 0.1) is 13.7 Å². The van der Waals surface area contributed by atoms with Gasteiger partial charge in [0.2, 0.25) is 0 Å². The van der Waals surface area contributed by atoms with E-state index in [9.17, 15) is 4.79 Å². The number of aliphatic hydroxyl groups excluding tert-OH is 1. The van der Waals surface area contributed by atoms with Gasteiger partial charge in [-0.25, -0.2) is 4.79 Å². The van der Waals surface area contributed by atoms with Crippen molar-refractivity contribution in [2.45, 2.75) is 17.7 Å². The number of carbonyl (C=O) groups excluding carboxylic acids is 1. The fourth-order valence-electron chi connectivity index (χ4n) is 1.50. The SMILES string of the molecule is COC(=O)C(N)(CSC(C)CO)c1ccccc1. The van der Waals surface area contributed by atoms with Crippen LogP contribution >= 0.6 is 11.8 Å². The second kappa shape index (κ2) is 6.78. The van der Waals surface area contributed by atoms with Gasteiger partial charge >= 0.3 is 5.97 Å². The number of hydrogen-bond acceptors (Lipinski definition) is 5. The molecule has 0 saturated heterocycles. The lowest BCUT2D eigenvalue weighted by Gasteiger charge is -2.27. The van der Waals surface area contributed by atoms with E-state index in [2.05, 4.69) is 0 Å². The zero-order valence-electron chi connectivity index (χ0n) is 10.6. The van der Waals surface area contributed by atoms with E-state index in [0.717, 1.165) is 5.56 Å². The minimum atomic E-state index is -1.18. The summed E-state index contributed by atoms with van der Waals surface area (Å²) in [4.78, 5) is 11.9. The molecule has 0 heterocycles. The molecule has 5 heteroatoms. The number of thioether (sulfide) groups is 1. The lowest BCUT2D eigenvalue weighted by atomic mass is 9.93. The van der Waals surface area contributed by atoms with Crippen molar-refractivity contribution in [3.05, 3.63) is 35.9 Å². The van der Waals surface area contributed by atoms with E-state index in [1.54, 1.807) is 12.1 Å². The van der Waals surface area contributed by atoms with Gasteiger partial charge in [-0.15, -0.1) is 0 Å². The largest absolute Gasteiger partial charge is 0.467 e. The lowest BCUT2D eigenvalue weighted by molar-refractivity contribution is -0.146. The van der Waals surface area contributed by atoms with Crippen LogP contribution in [0.5, 0.6) is 0 Å². The Kier molecular flexibility index (Phi) is 5.65. The van der Waals surface area contributed by atoms with E-state index >= 15 is 0 Å². The topological polar surface area (TPSA) is 72.5 Å². The number of ether oxygens (including phenoxy) is 1. The molecule has 0 aliphatic rings. The van der Waals surface area contributed by atoms with Crippen molar-refractivity contribution in [2.75, 3.05) is 19.5 Å². The highest BCUT2D eigenvalue weighted by molar-refractivity contribution is 8.00. The predicted molar refractivity (Wildman–Crippen MR) is 73.3 cm³/mol. The Morgan fingerprint density at radius 3 is 2.61 bits per heavy atom. The highest BCUT2D eigenvalue weighted by Crippen LogP contribution is 2.26. The quantitative estimate of drug-likeness (QED) is 0.757. The highest BCUT2D eigenvalue weighted by Gasteiger charge is 2.37. The predicted octanol–water partition coefficient (Wildman–Crippen LogP) is 1.13. The fourth-order valence-corrected chi connectivity index (χ4v) is 2.44. The van der Waals surface area contributed by atoms with Crippen molar-refractivity contribution < 1.29 is 14.6 Å². The van der Waals surface area contributed by atoms with Crippen molar-refractivity contribution in [1.29, 1.82) is 0 Å². The van der Waals surface area contributed by atoms with Gasteiger partial charge in [-0.1, -0.05) is 37.3 Å². The van der Waals surface area contributed by atoms with E-state index in [1.165, 1.54) is 18.9 Å². The van der Waals surface area contributed by atoms with Crippen molar-refractivity contribution in [1.82, 2.24) is 0 Å². The van der Waals surface area contributed by atoms with Gasteiger partial charge in [-0.2, -0.15) is 11.8 Å². The summed E-state index contributed by atoms with van der Waals surface area (Å²) < 4.78 is 4.80. The number of rotatable bonds is 6. The molecular formula is C13H19NO3S. The van der Waals surface area contributed by atoms with Crippen LogP contribution in [0.1, 0.15) is 12.5 Å². The maximum atomic E-state index is 11.9. The molecule has 0 radical (unpaired) electrons. The third kappa shape index (κ3) is 3.48. The van der Waals surface area contributed by atoms with Gasteiger partial charge in [0.25, 0.3) is 0 Å². The average molecular weight is 269 g/mol. The fraction of sp³-hybridized carbons (Fsp3) is 0.462. The van der Waals surface area contributed by atoms with E-state index in [4.69, 9.17) is 15.6 Å². The van der Waals surface area contributed by atoms with Crippen LogP contribution in [0.2, 0.25) is 0 Å². The maximum Gasteiger partial charge on any atom is 0.331 e. The molecule has 0 spiro atoms. The molecule has 0 aliphatic carbocycles. The standard InChI is InChI=1S/C13H19NO3S/c1-10(8-15)18-9-13(14,12(16)17-2)11-6-4-3-5-7-11/h3-7,10,15H,8-9,14H2,1-2H3. The summed E-state index contributed by atoms with van der Waals surface area (Å²) in [7, 11) is 1.33. The normalized spacial score (nSPS) is 15.8. The molecule has 0 aromatic heterocycles. The first-order valence-electron chi connectivity index (χ1n) is 5.70. The van der Waals surface area contributed by atoms with Crippen molar-refractivity contribution >= 4 is 17.7 Å². The molecule has 0 saturated carbocycles. The number of methoxy groups -OCH3 is 1. The second-order valence-electron chi connectivity index (χ2n) is 4.13. The molecule has 1 rings (SSSR count). The van der Waals surface area contributed by atoms with Gasteiger partial charge in [-0.3, -0.25) is 0 Å². The zero-order chi connectivity index (χ0) is 13.6. The third-order valence-electron chi connectivity index (χ3n) is 2.69. The smallest absolute Gasteiger partial charge is 0.331 e. The van der Waals surface area contributed by atoms with Crippen molar-refractivity contribution in [3.8, 4) is 0 Å². The number of aliphatic hydroxyl groups is 1. The molecule has 0 bridgehead atoms. The molecule has 1 aromatic carbocycles. The number of nitrogens with two attached hydrogens (primary N) is 1. The molecule has 2 atom stereocenters. The van der Waals surface area contributed by atoms with Crippen LogP contribution in [0, 0.1) is 0 Å². The average Bonchev–Trinajstić information content (AvgIpc) is 2.44. The minimum Gasteiger partial charge on any atom is -0.467 e. The molecule has 0 aliphatic heterocycles. The van der Waals surface area contributed by atoms with Crippen LogP contribution in [0.25, 0.3) is 0 Å². The summed E-state index contributed by atoms with van der Waals surface area (Å²) >= 11 is 1.45. The number of esters is 1. The summed E-state index contributed by atoms with van der Waals surface area (Å²) in [6.45, 7) is 1.93. The summed E-state index contributed by atoms with van der Waals surface area (Å²) in [5.74, 6) is -0.0999. The Morgan fingerprint density at radius 1 is 1.50 bits per heavy atom. The van der Waals surface area contributed by atoms with Gasteiger partial charge in [-0.05, 0) is 5.56 Å². The summed E-state index contributed by atoms with van der Waals surface area (Å²) in [6, 6.07) is 9.15. The monoisotopic (exact) mass is 269 g/mol. The molecule has 4 nitrogen and oxygen atoms in total. The zero-order valence-corrected chi connectivity index (χ0v) is 11.4. The van der Waals surface area contributed by atoms with Crippen LogP contribution < -0.4 is 5.73 Å². The van der Waals surface area contributed by atoms with Crippen LogP contribution in [-0.4, -0.2) is 35.8 Å². The summed E-state index contributed by atoms with van der Waals surface area (Å²) in [6.07, 6.45) is 0. The first kappa shape index (κ1) is 15.0. The Morgan fingerprint density at radius 2 is 2.11 bits per heavy atom. The molecule has 0 fully saturated rings. The Labute approximate surface area is 112 Å². The molecule has 2 unspecified atom stereocenters. The van der Waals surface area contributed by atoms with Crippen LogP contribution in [-0.2, 0) is 15.1 Å². The van der Waals surface area contributed by atoms with E-state index in [0.29, 0.717) is 5.75 Å². The lowest BCUT2D eigenvalue weighted by Crippen LogP contribution is -2.48. The van der Waals surface area contributed by atoms with Gasteiger partial charge < -0.3 is 15.6 Å². The van der Waals surface area contributed by atoms with E-state index in [-0.39, 0.29) is 11.9 Å². The molecule has 100 valence electrons. The van der Waals surface area contributed by atoms with E-state index in [1.807, 2.05) is 25.1 Å².